The van der Waals surface area contributed by atoms with Crippen LogP contribution in [0.4, 0.5) is 0 Å². The van der Waals surface area contributed by atoms with Crippen LogP contribution in [0.25, 0.3) is 0 Å². The van der Waals surface area contributed by atoms with Gasteiger partial charge in [0.05, 0.1) is 19.1 Å². The smallest absolute Gasteiger partial charge is 0.224 e. The normalized spacial score (nSPS) is 26.2. The van der Waals surface area contributed by atoms with E-state index in [1.165, 1.54) is 5.56 Å². The van der Waals surface area contributed by atoms with Crippen LogP contribution >= 0.6 is 0 Å². The van der Waals surface area contributed by atoms with Gasteiger partial charge in [0.25, 0.3) is 0 Å². The topological polar surface area (TPSA) is 54.5 Å². The standard InChI is InChI=1S/C20H23N3O2/c24-20(9-15-5-4-8-21-11-15)22-17-10-18-14-25-19(13-23(18)12-17)16-6-2-1-3-7-16/h1-8,11,17-19H,9-10,12-14H2,(H,22,24)/t17-,18+,19-/m1/s1. The summed E-state index contributed by atoms with van der Waals surface area (Å²) in [5.41, 5.74) is 2.17. The van der Waals surface area contributed by atoms with E-state index in [1.807, 2.05) is 18.2 Å². The lowest BCUT2D eigenvalue weighted by atomic mass is 10.1. The quantitative estimate of drug-likeness (QED) is 0.927. The Kier molecular flexibility index (Phi) is 4.76. The number of ether oxygens (including phenoxy) is 1. The van der Waals surface area contributed by atoms with Gasteiger partial charge in [-0.1, -0.05) is 36.4 Å². The molecule has 4 rings (SSSR count). The Hall–Kier alpha value is -2.24. The molecule has 3 atom stereocenters. The van der Waals surface area contributed by atoms with E-state index in [4.69, 9.17) is 4.74 Å². The minimum absolute atomic E-state index is 0.0679. The van der Waals surface area contributed by atoms with Crippen LogP contribution in [0.1, 0.15) is 23.7 Å². The van der Waals surface area contributed by atoms with Crippen LogP contribution in [0, 0.1) is 0 Å². The number of fused-ring (bicyclic) bond motifs is 1. The Balaban J connectivity index is 1.31. The van der Waals surface area contributed by atoms with E-state index < -0.39 is 0 Å². The Morgan fingerprint density at radius 3 is 2.88 bits per heavy atom. The van der Waals surface area contributed by atoms with Crippen molar-refractivity contribution in [3.8, 4) is 0 Å². The first-order valence-corrected chi connectivity index (χ1v) is 8.87. The van der Waals surface area contributed by atoms with E-state index in [0.717, 1.165) is 31.7 Å². The lowest BCUT2D eigenvalue weighted by Crippen LogP contribution is -2.43. The molecule has 1 amide bonds. The van der Waals surface area contributed by atoms with Crippen LogP contribution in [0.2, 0.25) is 0 Å². The van der Waals surface area contributed by atoms with Crippen molar-refractivity contribution >= 4 is 5.91 Å². The number of carbonyl (C=O) groups is 1. The van der Waals surface area contributed by atoms with Crippen molar-refractivity contribution < 1.29 is 9.53 Å². The monoisotopic (exact) mass is 337 g/mol. The molecule has 2 aliphatic rings. The average molecular weight is 337 g/mol. The van der Waals surface area contributed by atoms with Crippen LogP contribution in [0.3, 0.4) is 0 Å². The highest BCUT2D eigenvalue weighted by atomic mass is 16.5. The number of nitrogens with zero attached hydrogens (tertiary/aromatic N) is 2. The highest BCUT2D eigenvalue weighted by Crippen LogP contribution is 2.30. The highest BCUT2D eigenvalue weighted by Gasteiger charge is 2.38. The van der Waals surface area contributed by atoms with E-state index in [0.29, 0.717) is 12.5 Å². The van der Waals surface area contributed by atoms with Crippen molar-refractivity contribution in [2.75, 3.05) is 19.7 Å². The maximum absolute atomic E-state index is 12.3. The molecule has 2 saturated heterocycles. The van der Waals surface area contributed by atoms with Gasteiger partial charge in [0.2, 0.25) is 5.91 Å². The minimum Gasteiger partial charge on any atom is -0.371 e. The molecule has 0 bridgehead atoms. The number of hydrogen-bond acceptors (Lipinski definition) is 4. The van der Waals surface area contributed by atoms with Crippen molar-refractivity contribution in [1.82, 2.24) is 15.2 Å². The number of rotatable bonds is 4. The first kappa shape index (κ1) is 16.2. The zero-order valence-electron chi connectivity index (χ0n) is 14.2. The van der Waals surface area contributed by atoms with E-state index in [1.54, 1.807) is 12.4 Å². The van der Waals surface area contributed by atoms with E-state index >= 15 is 0 Å². The molecule has 0 unspecified atom stereocenters. The van der Waals surface area contributed by atoms with Gasteiger partial charge in [0.1, 0.15) is 0 Å². The van der Waals surface area contributed by atoms with Gasteiger partial charge in [-0.3, -0.25) is 14.7 Å². The third-order valence-corrected chi connectivity index (χ3v) is 5.04. The molecule has 1 N–H and O–H groups in total. The number of morpholine rings is 1. The second-order valence-corrected chi connectivity index (χ2v) is 6.88. The molecule has 2 aliphatic heterocycles. The van der Waals surface area contributed by atoms with Crippen molar-refractivity contribution in [3.63, 3.8) is 0 Å². The average Bonchev–Trinajstić information content (AvgIpc) is 3.04. The summed E-state index contributed by atoms with van der Waals surface area (Å²) < 4.78 is 6.06. The van der Waals surface area contributed by atoms with Crippen LogP contribution in [-0.4, -0.2) is 47.6 Å². The summed E-state index contributed by atoms with van der Waals surface area (Å²) in [6.45, 7) is 2.52. The van der Waals surface area contributed by atoms with Gasteiger partial charge in [-0.2, -0.15) is 0 Å². The minimum atomic E-state index is 0.0679. The third kappa shape index (κ3) is 3.89. The predicted molar refractivity (Wildman–Crippen MR) is 95.0 cm³/mol. The molecular weight excluding hydrogens is 314 g/mol. The molecule has 0 saturated carbocycles. The summed E-state index contributed by atoms with van der Waals surface area (Å²) in [7, 11) is 0. The molecule has 25 heavy (non-hydrogen) atoms. The van der Waals surface area contributed by atoms with Crippen molar-refractivity contribution in [1.29, 1.82) is 0 Å². The van der Waals surface area contributed by atoms with Crippen molar-refractivity contribution in [2.45, 2.75) is 31.0 Å². The van der Waals surface area contributed by atoms with Crippen molar-refractivity contribution in [3.05, 3.63) is 66.0 Å². The maximum atomic E-state index is 12.3. The van der Waals surface area contributed by atoms with Crippen LogP contribution in [0.5, 0.6) is 0 Å². The molecule has 1 aromatic heterocycles. The zero-order valence-corrected chi connectivity index (χ0v) is 14.2. The van der Waals surface area contributed by atoms with Crippen molar-refractivity contribution in [2.24, 2.45) is 0 Å². The molecule has 0 spiro atoms. The molecule has 3 heterocycles. The van der Waals surface area contributed by atoms with E-state index in [2.05, 4.69) is 39.5 Å². The summed E-state index contributed by atoms with van der Waals surface area (Å²) in [4.78, 5) is 18.8. The number of pyridine rings is 1. The van der Waals surface area contributed by atoms with E-state index in [9.17, 15) is 4.79 Å². The fourth-order valence-corrected chi connectivity index (χ4v) is 3.81. The fourth-order valence-electron chi connectivity index (χ4n) is 3.81. The summed E-state index contributed by atoms with van der Waals surface area (Å²) in [5, 5.41) is 3.17. The summed E-state index contributed by atoms with van der Waals surface area (Å²) in [6.07, 6.45) is 4.94. The van der Waals surface area contributed by atoms with Gasteiger partial charge in [-0.15, -0.1) is 0 Å². The number of nitrogens with one attached hydrogen (secondary N) is 1. The molecule has 5 heteroatoms. The highest BCUT2D eigenvalue weighted by molar-refractivity contribution is 5.78. The molecular formula is C20H23N3O2. The fraction of sp³-hybridized carbons (Fsp3) is 0.400. The van der Waals surface area contributed by atoms with Crippen LogP contribution in [-0.2, 0) is 16.0 Å². The number of aromatic nitrogens is 1. The second kappa shape index (κ2) is 7.33. The predicted octanol–water partition coefficient (Wildman–Crippen LogP) is 1.95. The maximum Gasteiger partial charge on any atom is 0.224 e. The Bertz CT molecular complexity index is 707. The Labute approximate surface area is 148 Å². The SMILES string of the molecule is O=C(Cc1cccnc1)N[C@@H]1C[C@H]2CO[C@@H](c3ccccc3)CN2C1. The largest absolute Gasteiger partial charge is 0.371 e. The van der Waals surface area contributed by atoms with Crippen LogP contribution in [0.15, 0.2) is 54.9 Å². The molecule has 2 aromatic rings. The van der Waals surface area contributed by atoms with Crippen LogP contribution < -0.4 is 5.32 Å². The van der Waals surface area contributed by atoms with Gasteiger partial charge in [-0.25, -0.2) is 0 Å². The number of amides is 1. The molecule has 0 radical (unpaired) electrons. The van der Waals surface area contributed by atoms with Gasteiger partial charge >= 0.3 is 0 Å². The summed E-state index contributed by atoms with van der Waals surface area (Å²) in [6, 6.07) is 14.8. The lowest BCUT2D eigenvalue weighted by Gasteiger charge is -2.35. The van der Waals surface area contributed by atoms with Gasteiger partial charge in [0, 0.05) is 37.6 Å². The van der Waals surface area contributed by atoms with Gasteiger partial charge in [-0.05, 0) is 23.6 Å². The summed E-state index contributed by atoms with van der Waals surface area (Å²) >= 11 is 0. The molecule has 130 valence electrons. The second-order valence-electron chi connectivity index (χ2n) is 6.88. The number of hydrogen-bond donors (Lipinski definition) is 1. The Morgan fingerprint density at radius 1 is 1.20 bits per heavy atom. The zero-order chi connectivity index (χ0) is 17.1. The third-order valence-electron chi connectivity index (χ3n) is 5.04. The van der Waals surface area contributed by atoms with Gasteiger partial charge < -0.3 is 10.1 Å². The lowest BCUT2D eigenvalue weighted by molar-refractivity contribution is -0.121. The summed E-state index contributed by atoms with van der Waals surface area (Å²) in [5.74, 6) is 0.0679. The Morgan fingerprint density at radius 2 is 2.08 bits per heavy atom. The first-order valence-electron chi connectivity index (χ1n) is 8.87. The van der Waals surface area contributed by atoms with E-state index in [-0.39, 0.29) is 18.1 Å². The number of carbonyl (C=O) groups excluding carboxylic acids is 1. The molecule has 0 aliphatic carbocycles. The van der Waals surface area contributed by atoms with Gasteiger partial charge in [0.15, 0.2) is 0 Å². The molecule has 5 nitrogen and oxygen atoms in total. The molecule has 1 aromatic carbocycles. The number of benzene rings is 1. The molecule has 2 fully saturated rings. The first-order chi connectivity index (χ1) is 12.3.